The van der Waals surface area contributed by atoms with Crippen molar-refractivity contribution in [2.45, 2.75) is 13.3 Å². The number of carbonyl (C=O) groups is 2. The van der Waals surface area contributed by atoms with Crippen molar-refractivity contribution in [1.82, 2.24) is 15.3 Å². The van der Waals surface area contributed by atoms with Crippen LogP contribution in [0.2, 0.25) is 0 Å². The van der Waals surface area contributed by atoms with Gasteiger partial charge in [-0.2, -0.15) is 5.53 Å². The topological polar surface area (TPSA) is 168 Å². The van der Waals surface area contributed by atoms with Gasteiger partial charge in [0.05, 0.1) is 47.0 Å². The molecule has 0 spiro atoms. The number of carbonyl (C=O) groups excluding carboxylic acids is 2. The van der Waals surface area contributed by atoms with Gasteiger partial charge in [0.15, 0.2) is 0 Å². The van der Waals surface area contributed by atoms with Crippen LogP contribution in [0.15, 0.2) is 52.4 Å². The molecule has 0 bridgehead atoms. The molecule has 0 unspecified atom stereocenters. The Morgan fingerprint density at radius 3 is 2.75 bits per heavy atom. The molecule has 0 atom stereocenters. The molecule has 2 aromatic heterocycles. The summed E-state index contributed by atoms with van der Waals surface area (Å²) in [4.78, 5) is 33.8. The Hall–Kier alpha value is -4.19. The molecule has 164 valence electrons. The number of benzene rings is 1. The minimum Gasteiger partial charge on any atom is -0.496 e. The third-order valence-corrected chi connectivity index (χ3v) is 5.19. The Morgan fingerprint density at radius 1 is 1.25 bits per heavy atom. The van der Waals surface area contributed by atoms with Gasteiger partial charge >= 0.3 is 0 Å². The van der Waals surface area contributed by atoms with Crippen LogP contribution in [0.3, 0.4) is 0 Å². The molecule has 0 aliphatic heterocycles. The van der Waals surface area contributed by atoms with Gasteiger partial charge in [-0.05, 0) is 23.4 Å². The average Bonchev–Trinajstić information content (AvgIpc) is 3.27. The second-order valence-corrected chi connectivity index (χ2v) is 7.26. The van der Waals surface area contributed by atoms with Crippen LogP contribution in [0.25, 0.3) is 21.8 Å². The molecule has 1 aromatic carbocycles. The monoisotopic (exact) mass is 452 g/mol. The van der Waals surface area contributed by atoms with Crippen LogP contribution in [-0.2, 0) is 4.79 Å². The lowest BCUT2D eigenvalue weighted by Gasteiger charge is -2.11. The predicted octanol–water partition coefficient (Wildman–Crippen LogP) is 3.22. The summed E-state index contributed by atoms with van der Waals surface area (Å²) in [6.07, 6.45) is 3.64. The van der Waals surface area contributed by atoms with Crippen molar-refractivity contribution < 1.29 is 14.3 Å². The van der Waals surface area contributed by atoms with Crippen molar-refractivity contribution >= 4 is 34.8 Å². The molecule has 0 aliphatic rings. The molecule has 2 heterocycles. The van der Waals surface area contributed by atoms with E-state index in [2.05, 4.69) is 30.9 Å². The predicted molar refractivity (Wildman–Crippen MR) is 120 cm³/mol. The second-order valence-electron chi connectivity index (χ2n) is 6.35. The number of methoxy groups -OCH3 is 1. The minimum atomic E-state index is -0.557. The number of nitrogens with one attached hydrogen (secondary N) is 3. The summed E-state index contributed by atoms with van der Waals surface area (Å²) in [5, 5.41) is 13.0. The molecule has 0 radical (unpaired) electrons. The quantitative estimate of drug-likeness (QED) is 0.186. The zero-order chi connectivity index (χ0) is 23.1. The molecule has 3 aromatic rings. The van der Waals surface area contributed by atoms with Gasteiger partial charge in [-0.3, -0.25) is 19.9 Å². The van der Waals surface area contributed by atoms with Gasteiger partial charge in [0.2, 0.25) is 11.9 Å². The Labute approximate surface area is 187 Å². The first kappa shape index (κ1) is 22.5. The van der Waals surface area contributed by atoms with Gasteiger partial charge in [0.25, 0.3) is 5.91 Å². The van der Waals surface area contributed by atoms with E-state index >= 15 is 0 Å². The lowest BCUT2D eigenvalue weighted by molar-refractivity contribution is -0.115. The number of rotatable bonds is 7. The van der Waals surface area contributed by atoms with E-state index in [0.717, 1.165) is 4.88 Å². The van der Waals surface area contributed by atoms with E-state index in [0.29, 0.717) is 34.8 Å². The van der Waals surface area contributed by atoms with Crippen LogP contribution < -0.4 is 21.1 Å². The summed E-state index contributed by atoms with van der Waals surface area (Å²) >= 11 is 1.44. The Bertz CT molecular complexity index is 1190. The van der Waals surface area contributed by atoms with Gasteiger partial charge in [0, 0.05) is 17.4 Å². The Morgan fingerprint density at radius 2 is 2.03 bits per heavy atom. The third kappa shape index (κ3) is 5.29. The lowest BCUT2D eigenvalue weighted by Crippen LogP contribution is -2.36. The summed E-state index contributed by atoms with van der Waals surface area (Å²) < 4.78 is 5.35. The van der Waals surface area contributed by atoms with E-state index in [1.165, 1.54) is 18.4 Å². The lowest BCUT2D eigenvalue weighted by atomic mass is 10.1. The number of nitrogens with two attached hydrogens (primary N) is 1. The highest BCUT2D eigenvalue weighted by molar-refractivity contribution is 7.14. The highest BCUT2D eigenvalue weighted by Crippen LogP contribution is 2.31. The molecule has 0 saturated carbocycles. The van der Waals surface area contributed by atoms with Gasteiger partial charge in [-0.1, -0.05) is 18.1 Å². The van der Waals surface area contributed by atoms with Crippen LogP contribution in [0.1, 0.15) is 23.7 Å². The summed E-state index contributed by atoms with van der Waals surface area (Å²) in [5.74, 6) is -0.630. The van der Waals surface area contributed by atoms with Gasteiger partial charge in [0.1, 0.15) is 5.75 Å². The van der Waals surface area contributed by atoms with Crippen LogP contribution in [0, 0.1) is 5.53 Å². The van der Waals surface area contributed by atoms with Gasteiger partial charge < -0.3 is 15.8 Å². The van der Waals surface area contributed by atoms with E-state index in [4.69, 9.17) is 16.0 Å². The van der Waals surface area contributed by atoms with Crippen molar-refractivity contribution in [3.63, 3.8) is 0 Å². The fourth-order valence-corrected chi connectivity index (χ4v) is 3.50. The maximum atomic E-state index is 12.4. The molecule has 32 heavy (non-hydrogen) atoms. The van der Waals surface area contributed by atoms with E-state index in [-0.39, 0.29) is 17.4 Å². The summed E-state index contributed by atoms with van der Waals surface area (Å²) in [6, 6.07) is 6.77. The standard InChI is InChI=1S/C20H20N8O3S/c1-3-18(29)24-12-7-17(32-10-12)15-9-23-8-14(25-15)11-4-5-13(16(6-11)31-2)19(30)26-20(21)27-28-22/h4-10H,3H2,1-2H3,(H,24,29)(H4,21,22,26,27,30). The first-order chi connectivity index (χ1) is 15.4. The van der Waals surface area contributed by atoms with Crippen LogP contribution in [0.4, 0.5) is 5.69 Å². The van der Waals surface area contributed by atoms with Crippen molar-refractivity contribution in [3.05, 3.63) is 47.6 Å². The highest BCUT2D eigenvalue weighted by Gasteiger charge is 2.16. The van der Waals surface area contributed by atoms with Crippen molar-refractivity contribution in [2.24, 2.45) is 16.1 Å². The number of amides is 2. The molecule has 0 saturated heterocycles. The average molecular weight is 453 g/mol. The first-order valence-corrected chi connectivity index (χ1v) is 10.2. The molecular formula is C20H20N8O3S. The van der Waals surface area contributed by atoms with Crippen molar-refractivity contribution in [3.8, 4) is 27.6 Å². The van der Waals surface area contributed by atoms with Crippen molar-refractivity contribution in [2.75, 3.05) is 12.4 Å². The number of anilines is 1. The smallest absolute Gasteiger partial charge is 0.261 e. The minimum absolute atomic E-state index is 0.0625. The van der Waals surface area contributed by atoms with E-state index in [9.17, 15) is 9.59 Å². The molecule has 0 aliphatic carbocycles. The maximum absolute atomic E-state index is 12.4. The second kappa shape index (κ2) is 10.2. The number of nitrogens with zero attached hydrogens (tertiary/aromatic N) is 4. The fourth-order valence-electron chi connectivity index (χ4n) is 2.71. The van der Waals surface area contributed by atoms with Crippen LogP contribution in [-0.4, -0.2) is 34.9 Å². The largest absolute Gasteiger partial charge is 0.496 e. The van der Waals surface area contributed by atoms with Gasteiger partial charge in [-0.15, -0.1) is 11.3 Å². The van der Waals surface area contributed by atoms with Crippen LogP contribution >= 0.6 is 11.3 Å². The normalized spacial score (nSPS) is 11.0. The molecule has 2 amide bonds. The molecule has 5 N–H and O–H groups in total. The Balaban J connectivity index is 1.87. The number of thiophene rings is 1. The highest BCUT2D eigenvalue weighted by atomic mass is 32.1. The van der Waals surface area contributed by atoms with Gasteiger partial charge in [-0.25, -0.2) is 4.98 Å². The summed E-state index contributed by atoms with van der Waals surface area (Å²) in [6.45, 7) is 1.79. The molecule has 3 rings (SSSR count). The number of hydrogen-bond acceptors (Lipinski definition) is 8. The number of ether oxygens (including phenoxy) is 1. The maximum Gasteiger partial charge on any atom is 0.261 e. The fraction of sp³-hybridized carbons (Fsp3) is 0.150. The number of guanidine groups is 1. The van der Waals surface area contributed by atoms with E-state index in [1.807, 2.05) is 11.4 Å². The first-order valence-electron chi connectivity index (χ1n) is 9.35. The molecule has 0 fully saturated rings. The summed E-state index contributed by atoms with van der Waals surface area (Å²) in [5.41, 5.74) is 15.0. The molecule has 12 heteroatoms. The zero-order valence-electron chi connectivity index (χ0n) is 17.2. The zero-order valence-corrected chi connectivity index (χ0v) is 18.1. The van der Waals surface area contributed by atoms with Crippen LogP contribution in [0.5, 0.6) is 5.75 Å². The van der Waals surface area contributed by atoms with Crippen molar-refractivity contribution in [1.29, 1.82) is 5.53 Å². The number of hydrogen-bond donors (Lipinski definition) is 4. The van der Waals surface area contributed by atoms with E-state index in [1.54, 1.807) is 37.5 Å². The third-order valence-electron chi connectivity index (χ3n) is 4.23. The Kier molecular flexibility index (Phi) is 7.18. The SMILES string of the molecule is CCC(=O)Nc1csc(-c2cncc(-c3ccc(C(=O)N/C(N)=N/N=N)c(OC)c3)n2)c1. The molecule has 11 nitrogen and oxygen atoms in total. The summed E-state index contributed by atoms with van der Waals surface area (Å²) in [7, 11) is 1.44. The van der Waals surface area contributed by atoms with E-state index < -0.39 is 5.91 Å². The molecular weight excluding hydrogens is 432 g/mol. The number of aromatic nitrogens is 2.